The summed E-state index contributed by atoms with van der Waals surface area (Å²) in [5, 5.41) is 11.7. The summed E-state index contributed by atoms with van der Waals surface area (Å²) in [5.41, 5.74) is 6.75. The Kier molecular flexibility index (Phi) is 5.62. The summed E-state index contributed by atoms with van der Waals surface area (Å²) < 4.78 is 14.0. The van der Waals surface area contributed by atoms with Crippen LogP contribution in [0.2, 0.25) is 5.02 Å². The number of likely N-dealkylation sites (tertiary alicyclic amines) is 1. The zero-order valence-electron chi connectivity index (χ0n) is 22.9. The minimum absolute atomic E-state index is 0.155. The molecule has 5 nitrogen and oxygen atoms in total. The molecular weight excluding hydrogens is 532 g/mol. The van der Waals surface area contributed by atoms with Gasteiger partial charge in [0.25, 0.3) is 0 Å². The van der Waals surface area contributed by atoms with Crippen LogP contribution in [0.3, 0.4) is 0 Å². The number of likely N-dealkylation sites (N-methyl/N-ethyl adjacent to an activating group) is 1. The molecule has 2 bridgehead atoms. The zero-order chi connectivity index (χ0) is 27.8. The van der Waals surface area contributed by atoms with Crippen molar-refractivity contribution in [1.82, 2.24) is 9.88 Å². The summed E-state index contributed by atoms with van der Waals surface area (Å²) in [7, 11) is 2.22. The van der Waals surface area contributed by atoms with Crippen molar-refractivity contribution in [1.29, 1.82) is 0 Å². The molecule has 206 valence electrons. The monoisotopic (exact) mass is 562 g/mol. The maximum Gasteiger partial charge on any atom is 0.166 e. The lowest BCUT2D eigenvalue weighted by atomic mass is 9.48. The highest BCUT2D eigenvalue weighted by molar-refractivity contribution is 6.30. The van der Waals surface area contributed by atoms with Crippen molar-refractivity contribution in [2.75, 3.05) is 20.2 Å². The molecule has 0 saturated carbocycles. The fraction of sp³-hybridized carbons (Fsp3) is 0.286. The Labute approximate surface area is 245 Å². The van der Waals surface area contributed by atoms with E-state index in [-0.39, 0.29) is 17.9 Å². The second-order valence-electron chi connectivity index (χ2n) is 11.8. The van der Waals surface area contributed by atoms with Gasteiger partial charge in [0, 0.05) is 34.8 Å². The Morgan fingerprint density at radius 1 is 1.07 bits per heavy atom. The van der Waals surface area contributed by atoms with Gasteiger partial charge in [-0.25, -0.2) is 0 Å². The molecule has 8 rings (SSSR count). The summed E-state index contributed by atoms with van der Waals surface area (Å²) in [5.74, 6) is 0.807. The van der Waals surface area contributed by atoms with Gasteiger partial charge < -0.3 is 19.5 Å². The number of phenolic OH excluding ortho intramolecular Hbond substituents is 1. The number of aromatic hydroxyl groups is 1. The number of ether oxygens (including phenoxy) is 2. The fourth-order valence-electron chi connectivity index (χ4n) is 8.10. The minimum atomic E-state index is -0.551. The molecule has 4 aliphatic rings. The smallest absolute Gasteiger partial charge is 0.166 e. The first kappa shape index (κ1) is 25.1. The number of pyridine rings is 1. The van der Waals surface area contributed by atoms with E-state index in [1.54, 1.807) is 6.07 Å². The van der Waals surface area contributed by atoms with E-state index in [0.717, 1.165) is 59.3 Å². The first-order valence-corrected chi connectivity index (χ1v) is 14.7. The van der Waals surface area contributed by atoms with Crippen molar-refractivity contribution in [3.8, 4) is 22.6 Å². The van der Waals surface area contributed by atoms with Crippen molar-refractivity contribution in [2.45, 2.75) is 42.4 Å². The highest BCUT2D eigenvalue weighted by Gasteiger charge is 2.73. The first-order valence-electron chi connectivity index (χ1n) is 14.3. The number of phenols is 1. The van der Waals surface area contributed by atoms with Crippen molar-refractivity contribution in [3.05, 3.63) is 118 Å². The van der Waals surface area contributed by atoms with Gasteiger partial charge in [0.15, 0.2) is 17.6 Å². The van der Waals surface area contributed by atoms with E-state index in [2.05, 4.69) is 48.4 Å². The molecule has 41 heavy (non-hydrogen) atoms. The largest absolute Gasteiger partial charge is 0.504 e. The standard InChI is InChI=1S/C35H31ClN2O3/c1-38-16-15-34-30-24-11-14-28(39)32(30)41-33(34)31-25(18-26(21-37-31)23-9-12-27(36)13-10-23)20-35(34,29(38)19-24)40-17-5-8-22-6-3-2-4-7-22/h2-14,18,21,29,33,39H,15-17,19-20H2,1H3/b8-5+/t29-,33+,34+,35-/m1/s1. The molecule has 3 heterocycles. The van der Waals surface area contributed by atoms with Crippen LogP contribution in [-0.2, 0) is 23.0 Å². The lowest BCUT2D eigenvalue weighted by molar-refractivity contribution is -0.195. The molecular formula is C35H31ClN2O3. The molecule has 1 saturated heterocycles. The van der Waals surface area contributed by atoms with Crippen LogP contribution in [0.5, 0.6) is 11.5 Å². The molecule has 1 fully saturated rings. The van der Waals surface area contributed by atoms with E-state index < -0.39 is 11.0 Å². The summed E-state index contributed by atoms with van der Waals surface area (Å²) in [6.45, 7) is 1.42. The van der Waals surface area contributed by atoms with Crippen molar-refractivity contribution in [3.63, 3.8) is 0 Å². The van der Waals surface area contributed by atoms with E-state index in [4.69, 9.17) is 26.1 Å². The number of fused-ring (bicyclic) bond motifs is 2. The van der Waals surface area contributed by atoms with Gasteiger partial charge in [-0.1, -0.05) is 72.3 Å². The number of hydrogen-bond acceptors (Lipinski definition) is 5. The Morgan fingerprint density at radius 2 is 1.90 bits per heavy atom. The van der Waals surface area contributed by atoms with Crippen molar-refractivity contribution >= 4 is 17.7 Å². The second-order valence-corrected chi connectivity index (χ2v) is 12.3. The van der Waals surface area contributed by atoms with Crippen LogP contribution in [0.1, 0.15) is 40.5 Å². The van der Waals surface area contributed by atoms with Gasteiger partial charge in [0.2, 0.25) is 0 Å². The van der Waals surface area contributed by atoms with Gasteiger partial charge >= 0.3 is 0 Å². The van der Waals surface area contributed by atoms with Crippen LogP contribution in [0.4, 0.5) is 0 Å². The third-order valence-corrected chi connectivity index (χ3v) is 10.1. The van der Waals surface area contributed by atoms with Gasteiger partial charge in [0.1, 0.15) is 5.60 Å². The number of aromatic nitrogens is 1. The summed E-state index contributed by atoms with van der Waals surface area (Å²) in [6.07, 6.45) is 8.30. The van der Waals surface area contributed by atoms with Crippen LogP contribution in [-0.4, -0.2) is 46.8 Å². The van der Waals surface area contributed by atoms with E-state index in [9.17, 15) is 5.11 Å². The molecule has 4 atom stereocenters. The molecule has 2 aliphatic carbocycles. The predicted molar refractivity (Wildman–Crippen MR) is 160 cm³/mol. The lowest BCUT2D eigenvalue weighted by Crippen LogP contribution is -2.75. The van der Waals surface area contributed by atoms with E-state index in [1.165, 1.54) is 5.56 Å². The Hall–Kier alpha value is -3.64. The lowest BCUT2D eigenvalue weighted by Gasteiger charge is -2.64. The van der Waals surface area contributed by atoms with Crippen LogP contribution < -0.4 is 4.74 Å². The summed E-state index contributed by atoms with van der Waals surface area (Å²) in [6, 6.07) is 24.5. The molecule has 1 aromatic heterocycles. The first-order chi connectivity index (χ1) is 20.0. The van der Waals surface area contributed by atoms with Crippen LogP contribution >= 0.6 is 11.6 Å². The highest BCUT2D eigenvalue weighted by Crippen LogP contribution is 2.69. The maximum atomic E-state index is 11.0. The quantitative estimate of drug-likeness (QED) is 0.291. The molecule has 1 N–H and O–H groups in total. The highest BCUT2D eigenvalue weighted by atomic mass is 35.5. The van der Waals surface area contributed by atoms with Crippen LogP contribution in [0.15, 0.2) is 85.1 Å². The second kappa shape index (κ2) is 9.18. The van der Waals surface area contributed by atoms with Gasteiger partial charge in [-0.3, -0.25) is 4.98 Å². The van der Waals surface area contributed by atoms with Gasteiger partial charge in [-0.05, 0) is 73.0 Å². The Morgan fingerprint density at radius 3 is 2.73 bits per heavy atom. The van der Waals surface area contributed by atoms with E-state index in [0.29, 0.717) is 17.4 Å². The molecule has 0 amide bonds. The molecule has 3 aromatic carbocycles. The SMILES string of the molecule is CN1CC[C@]23c4c5ccc(O)c4O[C@H]2c2ncc(-c4ccc(Cl)cc4)cc2C[C@@]3(OC/C=C/c2ccccc2)[C@H]1C5. The average molecular weight is 563 g/mol. The number of halogens is 1. The number of hydrogen-bond donors (Lipinski definition) is 1. The molecule has 2 aliphatic heterocycles. The zero-order valence-corrected chi connectivity index (χ0v) is 23.6. The van der Waals surface area contributed by atoms with Gasteiger partial charge in [0.05, 0.1) is 17.7 Å². The normalized spacial score (nSPS) is 27.4. The maximum absolute atomic E-state index is 11.0. The molecule has 1 spiro atoms. The van der Waals surface area contributed by atoms with Crippen molar-refractivity contribution < 1.29 is 14.6 Å². The minimum Gasteiger partial charge on any atom is -0.504 e. The predicted octanol–water partition coefficient (Wildman–Crippen LogP) is 6.76. The number of piperidine rings is 1. The number of rotatable bonds is 5. The summed E-state index contributed by atoms with van der Waals surface area (Å²) in [4.78, 5) is 7.54. The van der Waals surface area contributed by atoms with Gasteiger partial charge in [-0.15, -0.1) is 0 Å². The summed E-state index contributed by atoms with van der Waals surface area (Å²) >= 11 is 6.18. The van der Waals surface area contributed by atoms with Gasteiger partial charge in [-0.2, -0.15) is 0 Å². The Balaban J connectivity index is 1.29. The molecule has 0 unspecified atom stereocenters. The van der Waals surface area contributed by atoms with E-state index in [1.807, 2.05) is 48.7 Å². The molecule has 4 aromatic rings. The number of nitrogens with zero attached hydrogens (tertiary/aromatic N) is 2. The van der Waals surface area contributed by atoms with Crippen LogP contribution in [0.25, 0.3) is 17.2 Å². The third kappa shape index (κ3) is 3.52. The van der Waals surface area contributed by atoms with E-state index >= 15 is 0 Å². The Bertz CT molecular complexity index is 1690. The molecule has 0 radical (unpaired) electrons. The third-order valence-electron chi connectivity index (χ3n) is 9.88. The fourth-order valence-corrected chi connectivity index (χ4v) is 8.23. The van der Waals surface area contributed by atoms with Crippen molar-refractivity contribution in [2.24, 2.45) is 0 Å². The average Bonchev–Trinajstić information content (AvgIpc) is 3.35. The molecule has 6 heteroatoms. The number of benzene rings is 3. The topological polar surface area (TPSA) is 54.8 Å². The van der Waals surface area contributed by atoms with Crippen LogP contribution in [0, 0.1) is 0 Å².